The number of carbonyl (C=O) groups excluding carboxylic acids is 1. The highest BCUT2D eigenvalue weighted by molar-refractivity contribution is 7.92. The van der Waals surface area contributed by atoms with Gasteiger partial charge in [0.25, 0.3) is 5.91 Å². The molecule has 0 aliphatic carbocycles. The van der Waals surface area contributed by atoms with Crippen LogP contribution in [0.5, 0.6) is 5.75 Å². The van der Waals surface area contributed by atoms with Gasteiger partial charge in [0.1, 0.15) is 29.5 Å². The van der Waals surface area contributed by atoms with Crippen LogP contribution in [-0.4, -0.2) is 39.7 Å². The van der Waals surface area contributed by atoms with E-state index >= 15 is 0 Å². The maximum absolute atomic E-state index is 13.5. The fraction of sp³-hybridized carbons (Fsp3) is 0.167. The first-order chi connectivity index (χ1) is 16.2. The van der Waals surface area contributed by atoms with Crippen molar-refractivity contribution in [2.45, 2.75) is 6.61 Å². The van der Waals surface area contributed by atoms with Crippen molar-refractivity contribution in [1.29, 1.82) is 0 Å². The summed E-state index contributed by atoms with van der Waals surface area (Å²) in [5, 5.41) is 3.02. The van der Waals surface area contributed by atoms with E-state index in [1.807, 2.05) is 0 Å². The van der Waals surface area contributed by atoms with Crippen LogP contribution in [-0.2, 0) is 16.6 Å². The number of furan rings is 1. The topological polar surface area (TPSA) is 102 Å². The van der Waals surface area contributed by atoms with Crippen LogP contribution in [0.4, 0.5) is 10.1 Å². The second-order valence-electron chi connectivity index (χ2n) is 7.58. The third-order valence-electron chi connectivity index (χ3n) is 5.31. The summed E-state index contributed by atoms with van der Waals surface area (Å²) in [6.07, 6.45) is 4.33. The summed E-state index contributed by atoms with van der Waals surface area (Å²) in [5.41, 5.74) is 2.07. The van der Waals surface area contributed by atoms with Crippen LogP contribution in [0, 0.1) is 5.82 Å². The Kier molecular flexibility index (Phi) is 6.25. The molecule has 0 bridgehead atoms. The summed E-state index contributed by atoms with van der Waals surface area (Å²) in [5.74, 6) is -0.366. The summed E-state index contributed by atoms with van der Waals surface area (Å²) in [7, 11) is -0.740. The minimum absolute atomic E-state index is 0.149. The van der Waals surface area contributed by atoms with Crippen LogP contribution < -0.4 is 14.4 Å². The Bertz CT molecular complexity index is 1450. The van der Waals surface area contributed by atoms with Gasteiger partial charge in [-0.2, -0.15) is 0 Å². The predicted octanol–water partition coefficient (Wildman–Crippen LogP) is 3.97. The van der Waals surface area contributed by atoms with Crippen molar-refractivity contribution < 1.29 is 26.8 Å². The Balaban J connectivity index is 1.92. The smallest absolute Gasteiger partial charge is 0.255 e. The normalized spacial score (nSPS) is 11.4. The first kappa shape index (κ1) is 23.2. The van der Waals surface area contributed by atoms with Crippen molar-refractivity contribution in [3.8, 4) is 17.1 Å². The average Bonchev–Trinajstić information content (AvgIpc) is 3.20. The van der Waals surface area contributed by atoms with E-state index in [1.54, 1.807) is 30.6 Å². The second-order valence-corrected chi connectivity index (χ2v) is 9.60. The van der Waals surface area contributed by atoms with Crippen molar-refractivity contribution in [2.24, 2.45) is 0 Å². The number of benzene rings is 2. The number of anilines is 1. The molecule has 1 amide bonds. The lowest BCUT2D eigenvalue weighted by atomic mass is 10.0. The zero-order valence-corrected chi connectivity index (χ0v) is 19.5. The molecule has 0 radical (unpaired) electrons. The molecule has 8 nitrogen and oxygen atoms in total. The van der Waals surface area contributed by atoms with Gasteiger partial charge in [-0.15, -0.1) is 0 Å². The average molecular weight is 484 g/mol. The van der Waals surface area contributed by atoms with Crippen molar-refractivity contribution in [2.75, 3.05) is 24.7 Å². The molecule has 4 rings (SSSR count). The molecule has 2 aromatic heterocycles. The van der Waals surface area contributed by atoms with Gasteiger partial charge in [0.05, 0.1) is 17.5 Å². The molecule has 2 heterocycles. The predicted molar refractivity (Wildman–Crippen MR) is 127 cm³/mol. The summed E-state index contributed by atoms with van der Waals surface area (Å²) in [4.78, 5) is 16.8. The molecule has 4 aromatic rings. The minimum Gasteiger partial charge on any atom is -0.487 e. The Labute approximate surface area is 196 Å². The summed E-state index contributed by atoms with van der Waals surface area (Å²) in [6.45, 7) is 0.149. The van der Waals surface area contributed by atoms with Crippen molar-refractivity contribution >= 4 is 32.6 Å². The second kappa shape index (κ2) is 9.14. The fourth-order valence-corrected chi connectivity index (χ4v) is 3.95. The van der Waals surface area contributed by atoms with Gasteiger partial charge in [0.2, 0.25) is 10.0 Å². The van der Waals surface area contributed by atoms with E-state index in [0.717, 1.165) is 16.1 Å². The molecule has 0 fully saturated rings. The van der Waals surface area contributed by atoms with E-state index in [-0.39, 0.29) is 35.0 Å². The van der Waals surface area contributed by atoms with Gasteiger partial charge in [-0.1, -0.05) is 0 Å². The van der Waals surface area contributed by atoms with Crippen molar-refractivity contribution in [1.82, 2.24) is 10.3 Å². The Hall–Kier alpha value is -3.92. The van der Waals surface area contributed by atoms with Gasteiger partial charge in [-0.3, -0.25) is 14.1 Å². The number of carbonyl (C=O) groups is 1. The SMILES string of the molecule is CNC(=O)c1c(-c2ccc(F)cc2)oc2cc(N(C)S(C)(=O)=O)c(OCc3ccncc3)cc12. The molecule has 0 saturated carbocycles. The molecule has 0 saturated heterocycles. The van der Waals surface area contributed by atoms with Crippen LogP contribution in [0.3, 0.4) is 0 Å². The number of hydrogen-bond acceptors (Lipinski definition) is 6. The van der Waals surface area contributed by atoms with Crippen LogP contribution in [0.2, 0.25) is 0 Å². The van der Waals surface area contributed by atoms with Gasteiger partial charge in [0, 0.05) is 43.5 Å². The first-order valence-corrected chi connectivity index (χ1v) is 12.1. The van der Waals surface area contributed by atoms with Gasteiger partial charge in [0.15, 0.2) is 0 Å². The summed E-state index contributed by atoms with van der Waals surface area (Å²) in [6, 6.07) is 12.2. The van der Waals surface area contributed by atoms with E-state index in [1.165, 1.54) is 44.4 Å². The van der Waals surface area contributed by atoms with Crippen LogP contribution in [0.25, 0.3) is 22.3 Å². The van der Waals surface area contributed by atoms with Crippen LogP contribution in [0.15, 0.2) is 65.3 Å². The van der Waals surface area contributed by atoms with Crippen LogP contribution in [0.1, 0.15) is 15.9 Å². The first-order valence-electron chi connectivity index (χ1n) is 10.2. The molecule has 0 unspecified atom stereocenters. The van der Waals surface area contributed by atoms with E-state index in [9.17, 15) is 17.6 Å². The van der Waals surface area contributed by atoms with Crippen molar-refractivity contribution in [3.63, 3.8) is 0 Å². The number of nitrogens with one attached hydrogen (secondary N) is 1. The molecule has 0 spiro atoms. The third-order valence-corrected chi connectivity index (χ3v) is 6.50. The molecule has 176 valence electrons. The van der Waals surface area contributed by atoms with Gasteiger partial charge in [-0.25, -0.2) is 12.8 Å². The van der Waals surface area contributed by atoms with Crippen molar-refractivity contribution in [3.05, 3.63) is 77.9 Å². The highest BCUT2D eigenvalue weighted by Gasteiger charge is 2.26. The molecule has 0 aliphatic heterocycles. The quantitative estimate of drug-likeness (QED) is 0.427. The molecule has 1 N–H and O–H groups in total. The zero-order valence-electron chi connectivity index (χ0n) is 18.7. The highest BCUT2D eigenvalue weighted by atomic mass is 32.2. The molecular formula is C24H22FN3O5S. The lowest BCUT2D eigenvalue weighted by molar-refractivity contribution is 0.0964. The largest absolute Gasteiger partial charge is 0.487 e. The Morgan fingerprint density at radius 2 is 1.82 bits per heavy atom. The maximum atomic E-state index is 13.5. The monoisotopic (exact) mass is 483 g/mol. The number of sulfonamides is 1. The van der Waals surface area contributed by atoms with Gasteiger partial charge >= 0.3 is 0 Å². The maximum Gasteiger partial charge on any atom is 0.255 e. The molecule has 34 heavy (non-hydrogen) atoms. The molecule has 0 aliphatic rings. The number of rotatable bonds is 7. The van der Waals surface area contributed by atoms with E-state index in [2.05, 4.69) is 10.3 Å². The fourth-order valence-electron chi connectivity index (χ4n) is 3.45. The molecule has 2 aromatic carbocycles. The molecule has 0 atom stereocenters. The molecular weight excluding hydrogens is 461 g/mol. The minimum atomic E-state index is -3.63. The highest BCUT2D eigenvalue weighted by Crippen LogP contribution is 2.41. The number of nitrogens with zero attached hydrogens (tertiary/aromatic N) is 2. The summed E-state index contributed by atoms with van der Waals surface area (Å²) < 4.78 is 51.2. The summed E-state index contributed by atoms with van der Waals surface area (Å²) >= 11 is 0. The number of halogens is 1. The van der Waals surface area contributed by atoms with E-state index < -0.39 is 21.7 Å². The Morgan fingerprint density at radius 1 is 1.15 bits per heavy atom. The number of amides is 1. The molecule has 10 heteroatoms. The number of aromatic nitrogens is 1. The zero-order chi connectivity index (χ0) is 24.5. The van der Waals surface area contributed by atoms with E-state index in [0.29, 0.717) is 10.9 Å². The standard InChI is InChI=1S/C24H22FN3O5S/c1-26-24(29)22-18-12-21(32-14-15-8-10-27-11-9-15)19(28(2)34(3,30)31)13-20(18)33-23(22)16-4-6-17(25)7-5-16/h4-13H,14H2,1-3H3,(H,26,29). The number of pyridine rings is 1. The lowest BCUT2D eigenvalue weighted by Crippen LogP contribution is -2.25. The lowest BCUT2D eigenvalue weighted by Gasteiger charge is -2.20. The number of ether oxygens (including phenoxy) is 1. The van der Waals surface area contributed by atoms with Gasteiger partial charge in [-0.05, 0) is 48.0 Å². The number of hydrogen-bond donors (Lipinski definition) is 1. The van der Waals surface area contributed by atoms with E-state index in [4.69, 9.17) is 9.15 Å². The third kappa shape index (κ3) is 4.58. The van der Waals surface area contributed by atoms with Crippen LogP contribution >= 0.6 is 0 Å². The Morgan fingerprint density at radius 3 is 2.44 bits per heavy atom. The van der Waals surface area contributed by atoms with Gasteiger partial charge < -0.3 is 14.5 Å². The number of fused-ring (bicyclic) bond motifs is 1.